The van der Waals surface area contributed by atoms with Crippen LogP contribution in [0, 0.1) is 0 Å². The summed E-state index contributed by atoms with van der Waals surface area (Å²) in [5.41, 5.74) is 2.54. The number of amides is 1. The number of likely N-dealkylation sites (N-methyl/N-ethyl adjacent to an activating group) is 1. The van der Waals surface area contributed by atoms with Crippen LogP contribution in [0.1, 0.15) is 0 Å². The average molecular weight is 444 g/mol. The number of hydrogen-bond acceptors (Lipinski definition) is 7. The fraction of sp³-hybridized carbons (Fsp3) is 0.286. The SMILES string of the molecule is CN1CCN(c2ccc(Cl)cc2NC(=O)CSc2nnc(-c3ccccc3)o2)CC1. The lowest BCUT2D eigenvalue weighted by molar-refractivity contribution is -0.113. The number of rotatable bonds is 6. The van der Waals surface area contributed by atoms with E-state index >= 15 is 0 Å². The summed E-state index contributed by atoms with van der Waals surface area (Å²) in [4.78, 5) is 17.1. The zero-order chi connectivity index (χ0) is 20.9. The molecule has 1 aliphatic heterocycles. The number of hydrogen-bond donors (Lipinski definition) is 1. The minimum Gasteiger partial charge on any atom is -0.411 e. The molecule has 30 heavy (non-hydrogen) atoms. The van der Waals surface area contributed by atoms with Gasteiger partial charge in [0.25, 0.3) is 5.22 Å². The number of carbonyl (C=O) groups excluding carboxylic acids is 1. The smallest absolute Gasteiger partial charge is 0.277 e. The summed E-state index contributed by atoms with van der Waals surface area (Å²) in [6, 6.07) is 15.1. The lowest BCUT2D eigenvalue weighted by Gasteiger charge is -2.35. The van der Waals surface area contributed by atoms with Crippen molar-refractivity contribution in [2.45, 2.75) is 5.22 Å². The van der Waals surface area contributed by atoms with Gasteiger partial charge in [0.2, 0.25) is 11.8 Å². The van der Waals surface area contributed by atoms with Crippen molar-refractivity contribution in [3.05, 3.63) is 53.6 Å². The number of nitrogens with zero attached hydrogens (tertiary/aromatic N) is 4. The zero-order valence-corrected chi connectivity index (χ0v) is 18.1. The van der Waals surface area contributed by atoms with Gasteiger partial charge in [0, 0.05) is 36.8 Å². The molecule has 0 atom stereocenters. The molecule has 2 aromatic carbocycles. The Balaban J connectivity index is 1.38. The number of halogens is 1. The van der Waals surface area contributed by atoms with Crippen molar-refractivity contribution in [2.75, 3.05) is 49.2 Å². The lowest BCUT2D eigenvalue weighted by atomic mass is 10.2. The molecule has 0 bridgehead atoms. The standard InChI is InChI=1S/C21H22ClN5O2S/c1-26-9-11-27(12-10-26)18-8-7-16(22)13-17(18)23-19(28)14-30-21-25-24-20(29-21)15-5-3-2-4-6-15/h2-8,13H,9-12,14H2,1H3,(H,23,28). The van der Waals surface area contributed by atoms with E-state index in [4.69, 9.17) is 16.0 Å². The van der Waals surface area contributed by atoms with E-state index in [1.54, 1.807) is 6.07 Å². The zero-order valence-electron chi connectivity index (χ0n) is 16.5. The van der Waals surface area contributed by atoms with Gasteiger partial charge in [0.05, 0.1) is 17.1 Å². The Kier molecular flexibility index (Phi) is 6.56. The Labute approximate surface area is 184 Å². The van der Waals surface area contributed by atoms with E-state index in [-0.39, 0.29) is 11.7 Å². The fourth-order valence-electron chi connectivity index (χ4n) is 3.21. The molecule has 1 amide bonds. The fourth-order valence-corrected chi connectivity index (χ4v) is 3.95. The molecule has 1 fully saturated rings. The van der Waals surface area contributed by atoms with Gasteiger partial charge in [0.15, 0.2) is 0 Å². The molecule has 1 aromatic heterocycles. The van der Waals surface area contributed by atoms with Crippen molar-refractivity contribution in [3.63, 3.8) is 0 Å². The molecule has 0 radical (unpaired) electrons. The topological polar surface area (TPSA) is 74.5 Å². The predicted molar refractivity (Wildman–Crippen MR) is 120 cm³/mol. The molecule has 1 aliphatic rings. The van der Waals surface area contributed by atoms with Crippen molar-refractivity contribution in [1.82, 2.24) is 15.1 Å². The predicted octanol–water partition coefficient (Wildman–Crippen LogP) is 3.87. The highest BCUT2D eigenvalue weighted by atomic mass is 35.5. The van der Waals surface area contributed by atoms with Crippen LogP contribution in [0.3, 0.4) is 0 Å². The Morgan fingerprint density at radius 1 is 1.13 bits per heavy atom. The maximum atomic E-state index is 12.6. The van der Waals surface area contributed by atoms with Crippen molar-refractivity contribution < 1.29 is 9.21 Å². The van der Waals surface area contributed by atoms with Gasteiger partial charge in [-0.2, -0.15) is 0 Å². The van der Waals surface area contributed by atoms with E-state index < -0.39 is 0 Å². The van der Waals surface area contributed by atoms with Gasteiger partial charge in [-0.15, -0.1) is 10.2 Å². The van der Waals surface area contributed by atoms with E-state index in [1.165, 1.54) is 11.8 Å². The molecule has 3 aromatic rings. The Bertz CT molecular complexity index is 1010. The average Bonchev–Trinajstić information content (AvgIpc) is 3.23. The number of anilines is 2. The lowest BCUT2D eigenvalue weighted by Crippen LogP contribution is -2.44. The number of benzene rings is 2. The van der Waals surface area contributed by atoms with Gasteiger partial charge in [-0.25, -0.2) is 0 Å². The second-order valence-corrected chi connectivity index (χ2v) is 8.39. The van der Waals surface area contributed by atoms with Crippen LogP contribution in [0.15, 0.2) is 58.2 Å². The van der Waals surface area contributed by atoms with Crippen LogP contribution in [0.25, 0.3) is 11.5 Å². The largest absolute Gasteiger partial charge is 0.411 e. The Morgan fingerprint density at radius 2 is 1.90 bits per heavy atom. The van der Waals surface area contributed by atoms with Crippen LogP contribution in [-0.2, 0) is 4.79 Å². The summed E-state index contributed by atoms with van der Waals surface area (Å²) in [7, 11) is 2.11. The molecule has 0 spiro atoms. The Hall–Kier alpha value is -2.55. The highest BCUT2D eigenvalue weighted by Gasteiger charge is 2.19. The van der Waals surface area contributed by atoms with E-state index in [0.29, 0.717) is 21.8 Å². The van der Waals surface area contributed by atoms with Gasteiger partial charge in [-0.3, -0.25) is 4.79 Å². The van der Waals surface area contributed by atoms with Crippen molar-refractivity contribution >= 4 is 40.6 Å². The van der Waals surface area contributed by atoms with Crippen LogP contribution >= 0.6 is 23.4 Å². The number of nitrogens with one attached hydrogen (secondary N) is 1. The molecule has 9 heteroatoms. The van der Waals surface area contributed by atoms with Crippen LogP contribution in [-0.4, -0.2) is 60.0 Å². The number of aromatic nitrogens is 2. The molecule has 0 saturated carbocycles. The quantitative estimate of drug-likeness (QED) is 0.579. The molecular weight excluding hydrogens is 422 g/mol. The van der Waals surface area contributed by atoms with Gasteiger partial charge in [0.1, 0.15) is 0 Å². The molecule has 2 heterocycles. The molecule has 7 nitrogen and oxygen atoms in total. The summed E-state index contributed by atoms with van der Waals surface area (Å²) < 4.78 is 5.65. The first-order valence-corrected chi connectivity index (χ1v) is 11.0. The highest BCUT2D eigenvalue weighted by molar-refractivity contribution is 7.99. The minimum atomic E-state index is -0.155. The maximum absolute atomic E-state index is 12.6. The second kappa shape index (κ2) is 9.51. The normalized spacial score (nSPS) is 14.7. The number of piperazine rings is 1. The molecule has 0 unspecified atom stereocenters. The first kappa shape index (κ1) is 20.7. The molecule has 156 valence electrons. The third kappa shape index (κ3) is 5.13. The molecule has 0 aliphatic carbocycles. The van der Waals surface area contributed by atoms with Crippen molar-refractivity contribution in [2.24, 2.45) is 0 Å². The van der Waals surface area contributed by atoms with Gasteiger partial charge >= 0.3 is 0 Å². The van der Waals surface area contributed by atoms with Crippen LogP contribution in [0.5, 0.6) is 0 Å². The summed E-state index contributed by atoms with van der Waals surface area (Å²) in [6.07, 6.45) is 0. The second-order valence-electron chi connectivity index (χ2n) is 7.03. The summed E-state index contributed by atoms with van der Waals surface area (Å²) in [6.45, 7) is 3.76. The highest BCUT2D eigenvalue weighted by Crippen LogP contribution is 2.30. The van der Waals surface area contributed by atoms with Crippen molar-refractivity contribution in [3.8, 4) is 11.5 Å². The summed E-state index contributed by atoms with van der Waals surface area (Å²) in [5.74, 6) is 0.438. The molecular formula is C21H22ClN5O2S. The number of thioether (sulfide) groups is 1. The first-order valence-electron chi connectivity index (χ1n) is 9.63. The van der Waals surface area contributed by atoms with E-state index in [1.807, 2.05) is 42.5 Å². The molecule has 1 saturated heterocycles. The first-order chi connectivity index (χ1) is 14.6. The monoisotopic (exact) mass is 443 g/mol. The molecule has 1 N–H and O–H groups in total. The maximum Gasteiger partial charge on any atom is 0.277 e. The minimum absolute atomic E-state index is 0.155. The molecule has 4 rings (SSSR count). The van der Waals surface area contributed by atoms with Crippen molar-refractivity contribution in [1.29, 1.82) is 0 Å². The van der Waals surface area contributed by atoms with E-state index in [0.717, 1.165) is 37.4 Å². The van der Waals surface area contributed by atoms with E-state index in [9.17, 15) is 4.79 Å². The Morgan fingerprint density at radius 3 is 2.67 bits per heavy atom. The number of carbonyl (C=O) groups is 1. The van der Waals surface area contributed by atoms with Gasteiger partial charge < -0.3 is 19.5 Å². The third-order valence-electron chi connectivity index (χ3n) is 4.83. The van der Waals surface area contributed by atoms with Gasteiger partial charge in [-0.05, 0) is 37.4 Å². The summed E-state index contributed by atoms with van der Waals surface area (Å²) in [5, 5.41) is 12.0. The van der Waals surface area contributed by atoms with E-state index in [2.05, 4.69) is 32.4 Å². The van der Waals surface area contributed by atoms with Gasteiger partial charge in [-0.1, -0.05) is 41.6 Å². The third-order valence-corrected chi connectivity index (χ3v) is 5.88. The van der Waals surface area contributed by atoms with Crippen LogP contribution < -0.4 is 10.2 Å². The summed E-state index contributed by atoms with van der Waals surface area (Å²) >= 11 is 7.38. The van der Waals surface area contributed by atoms with Crippen LogP contribution in [0.4, 0.5) is 11.4 Å². The van der Waals surface area contributed by atoms with Crippen LogP contribution in [0.2, 0.25) is 5.02 Å².